The Hall–Kier alpha value is -0.610. The topological polar surface area (TPSA) is 24.5 Å². The maximum Gasteiger partial charge on any atom is 0.0620 e. The Morgan fingerprint density at radius 3 is 3.00 bits per heavy atom. The van der Waals surface area contributed by atoms with Gasteiger partial charge in [0.15, 0.2) is 0 Å². The van der Waals surface area contributed by atoms with E-state index < -0.39 is 0 Å². The van der Waals surface area contributed by atoms with Crippen molar-refractivity contribution in [3.63, 3.8) is 0 Å². The molecule has 0 bridgehead atoms. The third kappa shape index (κ3) is 4.25. The van der Waals surface area contributed by atoms with Gasteiger partial charge in [-0.1, -0.05) is 29.8 Å². The molecule has 1 fully saturated rings. The third-order valence-corrected chi connectivity index (χ3v) is 3.62. The lowest BCUT2D eigenvalue weighted by atomic mass is 10.1. The first kappa shape index (κ1) is 13.8. The van der Waals surface area contributed by atoms with Crippen molar-refractivity contribution in [2.75, 3.05) is 33.4 Å². The lowest BCUT2D eigenvalue weighted by Gasteiger charge is -2.26. The Bertz CT molecular complexity index is 367. The van der Waals surface area contributed by atoms with Gasteiger partial charge in [0, 0.05) is 24.2 Å². The molecule has 18 heavy (non-hydrogen) atoms. The van der Waals surface area contributed by atoms with E-state index in [1.165, 1.54) is 5.56 Å². The zero-order valence-corrected chi connectivity index (χ0v) is 11.6. The first-order chi connectivity index (χ1) is 8.75. The van der Waals surface area contributed by atoms with Crippen LogP contribution >= 0.6 is 11.6 Å². The van der Waals surface area contributed by atoms with Crippen LogP contribution in [0.4, 0.5) is 0 Å². The highest BCUT2D eigenvalue weighted by Crippen LogP contribution is 2.16. The van der Waals surface area contributed by atoms with E-state index >= 15 is 0 Å². The van der Waals surface area contributed by atoms with E-state index in [0.717, 1.165) is 44.3 Å². The number of nitrogens with one attached hydrogen (secondary N) is 1. The largest absolute Gasteiger partial charge is 0.379 e. The maximum absolute atomic E-state index is 6.16. The number of rotatable bonds is 5. The molecule has 1 heterocycles. The number of ether oxygens (including phenoxy) is 1. The van der Waals surface area contributed by atoms with Crippen LogP contribution in [0.3, 0.4) is 0 Å². The van der Waals surface area contributed by atoms with Gasteiger partial charge in [-0.25, -0.2) is 0 Å². The quantitative estimate of drug-likeness (QED) is 0.886. The smallest absolute Gasteiger partial charge is 0.0620 e. The summed E-state index contributed by atoms with van der Waals surface area (Å²) in [6.07, 6.45) is 1.11. The molecule has 1 aromatic carbocycles. The summed E-state index contributed by atoms with van der Waals surface area (Å²) in [5.74, 6) is 0. The number of morpholine rings is 1. The number of halogens is 1. The molecule has 0 radical (unpaired) electrons. The standard InChI is InChI=1S/C14H21ClN2O/c1-17(8-6-13-11-18-9-7-16-13)10-12-4-2-3-5-14(12)15/h2-5,13,16H,6-11H2,1H3. The van der Waals surface area contributed by atoms with Crippen LogP contribution in [0.25, 0.3) is 0 Å². The molecule has 1 saturated heterocycles. The summed E-state index contributed by atoms with van der Waals surface area (Å²) >= 11 is 6.16. The minimum absolute atomic E-state index is 0.493. The van der Waals surface area contributed by atoms with Crippen molar-refractivity contribution < 1.29 is 4.74 Å². The van der Waals surface area contributed by atoms with Gasteiger partial charge >= 0.3 is 0 Å². The van der Waals surface area contributed by atoms with Gasteiger partial charge in [-0.3, -0.25) is 0 Å². The van der Waals surface area contributed by atoms with Gasteiger partial charge < -0.3 is 15.0 Å². The summed E-state index contributed by atoms with van der Waals surface area (Å²) in [6, 6.07) is 8.52. The molecule has 4 heteroatoms. The van der Waals surface area contributed by atoms with Crippen molar-refractivity contribution in [2.45, 2.75) is 19.0 Å². The molecule has 1 N–H and O–H groups in total. The SMILES string of the molecule is CN(CCC1COCCN1)Cc1ccccc1Cl. The molecule has 0 aromatic heterocycles. The van der Waals surface area contributed by atoms with E-state index in [0.29, 0.717) is 6.04 Å². The van der Waals surface area contributed by atoms with E-state index in [9.17, 15) is 0 Å². The van der Waals surface area contributed by atoms with E-state index in [-0.39, 0.29) is 0 Å². The van der Waals surface area contributed by atoms with Gasteiger partial charge in [-0.2, -0.15) is 0 Å². The van der Waals surface area contributed by atoms with Gasteiger partial charge in [0.1, 0.15) is 0 Å². The fourth-order valence-corrected chi connectivity index (χ4v) is 2.37. The van der Waals surface area contributed by atoms with Crippen LogP contribution in [-0.4, -0.2) is 44.3 Å². The highest BCUT2D eigenvalue weighted by atomic mass is 35.5. The van der Waals surface area contributed by atoms with Crippen LogP contribution in [0, 0.1) is 0 Å². The highest BCUT2D eigenvalue weighted by Gasteiger charge is 2.13. The van der Waals surface area contributed by atoms with Crippen LogP contribution in [0.15, 0.2) is 24.3 Å². The van der Waals surface area contributed by atoms with Gasteiger partial charge in [0.25, 0.3) is 0 Å². The minimum Gasteiger partial charge on any atom is -0.379 e. The second-order valence-corrected chi connectivity index (χ2v) is 5.25. The summed E-state index contributed by atoms with van der Waals surface area (Å²) in [5.41, 5.74) is 1.19. The average molecular weight is 269 g/mol. The van der Waals surface area contributed by atoms with E-state index in [1.807, 2.05) is 18.2 Å². The normalized spacial score (nSPS) is 20.3. The van der Waals surface area contributed by atoms with E-state index in [2.05, 4.69) is 23.3 Å². The minimum atomic E-state index is 0.493. The number of benzene rings is 1. The van der Waals surface area contributed by atoms with Crippen molar-refractivity contribution in [2.24, 2.45) is 0 Å². The molecular weight excluding hydrogens is 248 g/mol. The lowest BCUT2D eigenvalue weighted by Crippen LogP contribution is -2.42. The second kappa shape index (κ2) is 7.10. The predicted octanol–water partition coefficient (Wildman–Crippen LogP) is 2.15. The van der Waals surface area contributed by atoms with E-state index in [4.69, 9.17) is 16.3 Å². The van der Waals surface area contributed by atoms with Crippen LogP contribution in [-0.2, 0) is 11.3 Å². The molecule has 0 amide bonds. The molecule has 1 atom stereocenters. The monoisotopic (exact) mass is 268 g/mol. The predicted molar refractivity (Wildman–Crippen MR) is 75.0 cm³/mol. The molecule has 1 aliphatic heterocycles. The molecule has 3 nitrogen and oxygen atoms in total. The van der Waals surface area contributed by atoms with Gasteiger partial charge in [0.05, 0.1) is 13.2 Å². The van der Waals surface area contributed by atoms with Crippen molar-refractivity contribution in [3.8, 4) is 0 Å². The highest BCUT2D eigenvalue weighted by molar-refractivity contribution is 6.31. The molecule has 0 spiro atoms. The Labute approximate surface area is 114 Å². The summed E-state index contributed by atoms with van der Waals surface area (Å²) in [6.45, 7) is 4.59. The van der Waals surface area contributed by atoms with Crippen LogP contribution < -0.4 is 5.32 Å². The Kier molecular flexibility index (Phi) is 5.45. The summed E-state index contributed by atoms with van der Waals surface area (Å²) < 4.78 is 5.45. The fourth-order valence-electron chi connectivity index (χ4n) is 2.18. The summed E-state index contributed by atoms with van der Waals surface area (Å²) in [7, 11) is 2.13. The maximum atomic E-state index is 6.16. The zero-order valence-electron chi connectivity index (χ0n) is 10.9. The van der Waals surface area contributed by atoms with Crippen molar-refractivity contribution in [1.82, 2.24) is 10.2 Å². The number of hydrogen-bond acceptors (Lipinski definition) is 3. The van der Waals surface area contributed by atoms with Crippen LogP contribution in [0.2, 0.25) is 5.02 Å². The lowest BCUT2D eigenvalue weighted by molar-refractivity contribution is 0.0708. The Morgan fingerprint density at radius 2 is 2.28 bits per heavy atom. The molecule has 0 aliphatic carbocycles. The fraction of sp³-hybridized carbons (Fsp3) is 0.571. The van der Waals surface area contributed by atoms with Crippen LogP contribution in [0.1, 0.15) is 12.0 Å². The summed E-state index contributed by atoms with van der Waals surface area (Å²) in [5, 5.41) is 4.32. The zero-order chi connectivity index (χ0) is 12.8. The molecule has 2 rings (SSSR count). The van der Waals surface area contributed by atoms with Crippen molar-refractivity contribution in [3.05, 3.63) is 34.9 Å². The van der Waals surface area contributed by atoms with Gasteiger partial charge in [-0.15, -0.1) is 0 Å². The van der Waals surface area contributed by atoms with E-state index in [1.54, 1.807) is 0 Å². The third-order valence-electron chi connectivity index (χ3n) is 3.26. The van der Waals surface area contributed by atoms with Gasteiger partial charge in [0.2, 0.25) is 0 Å². The number of hydrogen-bond donors (Lipinski definition) is 1. The summed E-state index contributed by atoms with van der Waals surface area (Å²) in [4.78, 5) is 2.30. The first-order valence-electron chi connectivity index (χ1n) is 6.49. The Balaban J connectivity index is 1.74. The number of nitrogens with zero attached hydrogens (tertiary/aromatic N) is 1. The molecule has 1 aliphatic rings. The molecule has 100 valence electrons. The molecule has 1 unspecified atom stereocenters. The van der Waals surface area contributed by atoms with Crippen molar-refractivity contribution >= 4 is 11.6 Å². The Morgan fingerprint density at radius 1 is 1.44 bits per heavy atom. The van der Waals surface area contributed by atoms with Gasteiger partial charge in [-0.05, 0) is 31.6 Å². The molecule has 1 aromatic rings. The molecule has 0 saturated carbocycles. The average Bonchev–Trinajstić information content (AvgIpc) is 2.40. The first-order valence-corrected chi connectivity index (χ1v) is 6.86. The second-order valence-electron chi connectivity index (χ2n) is 4.84. The molecular formula is C14H21ClN2O. The van der Waals surface area contributed by atoms with Crippen LogP contribution in [0.5, 0.6) is 0 Å². The van der Waals surface area contributed by atoms with Crippen molar-refractivity contribution in [1.29, 1.82) is 0 Å².